The summed E-state index contributed by atoms with van der Waals surface area (Å²) in [6, 6.07) is 9.59. The Morgan fingerprint density at radius 2 is 1.71 bits per heavy atom. The molecular formula is C18H19ClN2O3. The Labute approximate surface area is 145 Å². The highest BCUT2D eigenvalue weighted by molar-refractivity contribution is 6.30. The van der Waals surface area contributed by atoms with Crippen molar-refractivity contribution in [2.45, 2.75) is 19.9 Å². The highest BCUT2D eigenvalue weighted by atomic mass is 35.5. The average molecular weight is 347 g/mol. The summed E-state index contributed by atoms with van der Waals surface area (Å²) in [7, 11) is 0. The van der Waals surface area contributed by atoms with Gasteiger partial charge in [0.1, 0.15) is 0 Å². The zero-order valence-corrected chi connectivity index (χ0v) is 14.4. The molecule has 1 aromatic carbocycles. The van der Waals surface area contributed by atoms with Gasteiger partial charge in [-0.05, 0) is 44.2 Å². The van der Waals surface area contributed by atoms with Gasteiger partial charge >= 0.3 is 0 Å². The van der Waals surface area contributed by atoms with E-state index in [-0.39, 0.29) is 0 Å². The van der Waals surface area contributed by atoms with Crippen LogP contribution in [0.25, 0.3) is 0 Å². The molecule has 0 aliphatic rings. The molecule has 6 heteroatoms. The van der Waals surface area contributed by atoms with Crippen LogP contribution in [0.2, 0.25) is 5.02 Å². The summed E-state index contributed by atoms with van der Waals surface area (Å²) in [4.78, 5) is 39.5. The van der Waals surface area contributed by atoms with Gasteiger partial charge in [0.2, 0.25) is 0 Å². The minimum atomic E-state index is -1.22. The number of benzene rings is 1. The van der Waals surface area contributed by atoms with Gasteiger partial charge in [-0.3, -0.25) is 19.0 Å². The third kappa shape index (κ3) is 3.74. The number of nitrogens with zero attached hydrogens (tertiary/aromatic N) is 2. The lowest BCUT2D eigenvalue weighted by atomic mass is 10.0. The molecule has 1 unspecified atom stereocenters. The van der Waals surface area contributed by atoms with Crippen molar-refractivity contribution in [3.8, 4) is 0 Å². The van der Waals surface area contributed by atoms with E-state index in [0.29, 0.717) is 23.7 Å². The highest BCUT2D eigenvalue weighted by Crippen LogP contribution is 2.18. The Hall–Kier alpha value is -2.40. The molecule has 0 aliphatic carbocycles. The fourth-order valence-electron chi connectivity index (χ4n) is 2.49. The molecule has 1 amide bonds. The first-order valence-electron chi connectivity index (χ1n) is 7.75. The predicted octanol–water partition coefficient (Wildman–Crippen LogP) is 2.79. The van der Waals surface area contributed by atoms with Crippen LogP contribution in [0.5, 0.6) is 0 Å². The molecule has 0 radical (unpaired) electrons. The minimum absolute atomic E-state index is 0.334. The number of hydrogen-bond donors (Lipinski definition) is 0. The van der Waals surface area contributed by atoms with E-state index >= 15 is 0 Å². The zero-order chi connectivity index (χ0) is 17.7. The topological polar surface area (TPSA) is 59.4 Å². The normalized spacial score (nSPS) is 11.8. The lowest BCUT2D eigenvalue weighted by Crippen LogP contribution is -2.43. The lowest BCUT2D eigenvalue weighted by molar-refractivity contribution is -0.133. The summed E-state index contributed by atoms with van der Waals surface area (Å²) in [5.41, 5.74) is -0.0639. The van der Waals surface area contributed by atoms with Gasteiger partial charge in [-0.15, -0.1) is 0 Å². The quantitative estimate of drug-likeness (QED) is 0.597. The molecule has 2 aromatic rings. The van der Waals surface area contributed by atoms with E-state index in [1.165, 1.54) is 21.7 Å². The number of ketones is 1. The molecule has 0 aliphatic heterocycles. The first-order chi connectivity index (χ1) is 11.5. The largest absolute Gasteiger partial charge is 0.341 e. The van der Waals surface area contributed by atoms with Crippen LogP contribution in [0.15, 0.2) is 53.5 Å². The molecule has 1 aromatic heterocycles. The molecule has 0 fully saturated rings. The van der Waals surface area contributed by atoms with Gasteiger partial charge in [-0.2, -0.15) is 0 Å². The molecule has 1 heterocycles. The Bertz CT molecular complexity index is 779. The maximum Gasteiger partial charge on any atom is 0.253 e. The van der Waals surface area contributed by atoms with Gasteiger partial charge < -0.3 is 4.90 Å². The molecule has 126 valence electrons. The number of halogens is 1. The fraction of sp³-hybridized carbons (Fsp3) is 0.278. The molecule has 1 atom stereocenters. The minimum Gasteiger partial charge on any atom is -0.341 e. The summed E-state index contributed by atoms with van der Waals surface area (Å²) in [5, 5.41) is 0.495. The lowest BCUT2D eigenvalue weighted by Gasteiger charge is -2.25. The maximum atomic E-state index is 12.9. The van der Waals surface area contributed by atoms with Gasteiger partial charge in [-0.1, -0.05) is 17.7 Å². The van der Waals surface area contributed by atoms with E-state index in [9.17, 15) is 14.4 Å². The van der Waals surface area contributed by atoms with Crippen LogP contribution in [0, 0.1) is 0 Å². The van der Waals surface area contributed by atoms with Crippen molar-refractivity contribution in [2.75, 3.05) is 13.1 Å². The Morgan fingerprint density at radius 3 is 2.25 bits per heavy atom. The highest BCUT2D eigenvalue weighted by Gasteiger charge is 2.32. The standard InChI is InChI=1S/C18H19ClN2O3/c1-3-20(4-2)18(24)16(21-12-6-5-7-15(21)22)17(23)13-8-10-14(19)11-9-13/h5-12,16H,3-4H2,1-2H3. The monoisotopic (exact) mass is 346 g/mol. The van der Waals surface area contributed by atoms with Crippen LogP contribution in [-0.4, -0.2) is 34.2 Å². The smallest absolute Gasteiger partial charge is 0.253 e. The molecular weight excluding hydrogens is 328 g/mol. The molecule has 5 nitrogen and oxygen atoms in total. The summed E-state index contributed by atoms with van der Waals surface area (Å²) >= 11 is 5.85. The molecule has 0 N–H and O–H groups in total. The van der Waals surface area contributed by atoms with Crippen LogP contribution in [-0.2, 0) is 4.79 Å². The number of aromatic nitrogens is 1. The first kappa shape index (κ1) is 17.9. The van der Waals surface area contributed by atoms with E-state index < -0.39 is 23.3 Å². The van der Waals surface area contributed by atoms with Crippen molar-refractivity contribution in [1.29, 1.82) is 0 Å². The van der Waals surface area contributed by atoms with Gasteiger partial charge in [0.05, 0.1) is 0 Å². The van der Waals surface area contributed by atoms with Gasteiger partial charge in [0, 0.05) is 35.9 Å². The SMILES string of the molecule is CCN(CC)C(=O)C(C(=O)c1ccc(Cl)cc1)n1ccccc1=O. The summed E-state index contributed by atoms with van der Waals surface area (Å²) in [6.07, 6.45) is 1.46. The number of rotatable bonds is 6. The number of hydrogen-bond acceptors (Lipinski definition) is 3. The summed E-state index contributed by atoms with van der Waals surface area (Å²) in [5.74, 6) is -0.829. The van der Waals surface area contributed by atoms with E-state index in [0.717, 1.165) is 0 Å². The van der Waals surface area contributed by atoms with Crippen LogP contribution in [0.1, 0.15) is 30.2 Å². The second-order valence-corrected chi connectivity index (χ2v) is 5.67. The number of pyridine rings is 1. The van der Waals surface area contributed by atoms with Gasteiger partial charge in [0.25, 0.3) is 11.5 Å². The Kier molecular flexibility index (Phi) is 5.93. The number of carbonyl (C=O) groups excluding carboxylic acids is 2. The number of amides is 1. The van der Waals surface area contributed by atoms with E-state index in [1.54, 1.807) is 36.4 Å². The molecule has 24 heavy (non-hydrogen) atoms. The third-order valence-corrected chi connectivity index (χ3v) is 4.07. The molecule has 0 bridgehead atoms. The van der Waals surface area contributed by atoms with Crippen molar-refractivity contribution >= 4 is 23.3 Å². The molecule has 0 saturated heterocycles. The maximum absolute atomic E-state index is 12.9. The van der Waals surface area contributed by atoms with E-state index in [4.69, 9.17) is 11.6 Å². The van der Waals surface area contributed by atoms with Crippen molar-refractivity contribution in [3.63, 3.8) is 0 Å². The average Bonchev–Trinajstić information content (AvgIpc) is 2.58. The van der Waals surface area contributed by atoms with Crippen molar-refractivity contribution in [2.24, 2.45) is 0 Å². The van der Waals surface area contributed by atoms with Crippen LogP contribution in [0.4, 0.5) is 0 Å². The molecule has 0 saturated carbocycles. The second-order valence-electron chi connectivity index (χ2n) is 5.23. The van der Waals surface area contributed by atoms with Crippen LogP contribution >= 0.6 is 11.6 Å². The fourth-order valence-corrected chi connectivity index (χ4v) is 2.62. The second kappa shape index (κ2) is 7.93. The zero-order valence-electron chi connectivity index (χ0n) is 13.6. The number of likely N-dealkylation sites (N-methyl/N-ethyl adjacent to an activating group) is 1. The van der Waals surface area contributed by atoms with Crippen molar-refractivity contribution in [1.82, 2.24) is 9.47 Å². The first-order valence-corrected chi connectivity index (χ1v) is 8.13. The van der Waals surface area contributed by atoms with Gasteiger partial charge in [-0.25, -0.2) is 0 Å². The van der Waals surface area contributed by atoms with E-state index in [2.05, 4.69) is 0 Å². The number of Topliss-reactive ketones (excluding diaryl/α,β-unsaturated/α-hetero) is 1. The number of carbonyl (C=O) groups is 2. The van der Waals surface area contributed by atoms with Crippen molar-refractivity contribution in [3.05, 3.63) is 69.6 Å². The Balaban J connectivity index is 2.52. The predicted molar refractivity (Wildman–Crippen MR) is 93.4 cm³/mol. The summed E-state index contributed by atoms with van der Waals surface area (Å²) < 4.78 is 1.18. The van der Waals surface area contributed by atoms with E-state index in [1.807, 2.05) is 13.8 Å². The van der Waals surface area contributed by atoms with Gasteiger partial charge in [0.15, 0.2) is 11.8 Å². The van der Waals surface area contributed by atoms with Crippen LogP contribution in [0.3, 0.4) is 0 Å². The third-order valence-electron chi connectivity index (χ3n) is 3.82. The summed E-state index contributed by atoms with van der Waals surface area (Å²) in [6.45, 7) is 4.58. The van der Waals surface area contributed by atoms with Crippen molar-refractivity contribution < 1.29 is 9.59 Å². The Morgan fingerprint density at radius 1 is 1.08 bits per heavy atom. The van der Waals surface area contributed by atoms with Crippen LogP contribution < -0.4 is 5.56 Å². The molecule has 2 rings (SSSR count). The molecule has 0 spiro atoms.